The third-order valence-corrected chi connectivity index (χ3v) is 6.50. The number of nitrogens with one attached hydrogen (secondary N) is 1. The van der Waals surface area contributed by atoms with Crippen molar-refractivity contribution in [1.29, 1.82) is 0 Å². The fourth-order valence-electron chi connectivity index (χ4n) is 4.06. The van der Waals surface area contributed by atoms with Gasteiger partial charge in [0.25, 0.3) is 0 Å². The molecule has 0 aliphatic heterocycles. The van der Waals surface area contributed by atoms with Crippen LogP contribution >= 0.6 is 35.4 Å². The lowest BCUT2D eigenvalue weighted by molar-refractivity contribution is 0.117. The van der Waals surface area contributed by atoms with Crippen molar-refractivity contribution in [2.24, 2.45) is 0 Å². The van der Waals surface area contributed by atoms with E-state index in [1.165, 1.54) is 0 Å². The first kappa shape index (κ1) is 24.0. The number of methoxy groups -OCH3 is 1. The minimum absolute atomic E-state index is 0.105. The Morgan fingerprint density at radius 1 is 1.00 bits per heavy atom. The summed E-state index contributed by atoms with van der Waals surface area (Å²) in [6.45, 7) is 0.263. The van der Waals surface area contributed by atoms with Crippen LogP contribution in [0, 0.1) is 0 Å². The maximum atomic E-state index is 10.0. The van der Waals surface area contributed by atoms with E-state index in [0.717, 1.165) is 30.4 Å². The Bertz CT molecular complexity index is 1120. The molecule has 4 rings (SSSR count). The van der Waals surface area contributed by atoms with Gasteiger partial charge in [-0.15, -0.1) is 0 Å². The highest BCUT2D eigenvalue weighted by Crippen LogP contribution is 2.32. The minimum atomic E-state index is -0.305. The monoisotopic (exact) mass is 501 g/mol. The van der Waals surface area contributed by atoms with Crippen LogP contribution in [0.4, 0.5) is 0 Å². The second kappa shape index (κ2) is 10.9. The van der Waals surface area contributed by atoms with E-state index >= 15 is 0 Å². The third kappa shape index (κ3) is 5.89. The first-order valence-corrected chi connectivity index (χ1v) is 12.0. The molecule has 0 radical (unpaired) electrons. The molecule has 0 spiro atoms. The molecule has 1 heterocycles. The van der Waals surface area contributed by atoms with Crippen molar-refractivity contribution in [2.75, 3.05) is 7.11 Å². The maximum absolute atomic E-state index is 10.0. The molecule has 2 unspecified atom stereocenters. The Labute approximate surface area is 209 Å². The van der Waals surface area contributed by atoms with Crippen molar-refractivity contribution in [3.8, 4) is 22.5 Å². The van der Waals surface area contributed by atoms with Crippen LogP contribution in [0.2, 0.25) is 10.0 Å². The average Bonchev–Trinajstić information content (AvgIpc) is 2.80. The van der Waals surface area contributed by atoms with Crippen LogP contribution in [0.3, 0.4) is 0 Å². The van der Waals surface area contributed by atoms with Crippen molar-refractivity contribution in [3.63, 3.8) is 0 Å². The second-order valence-electron chi connectivity index (χ2n) is 8.15. The Balaban J connectivity index is 1.80. The van der Waals surface area contributed by atoms with Crippen LogP contribution in [-0.4, -0.2) is 39.3 Å². The van der Waals surface area contributed by atoms with Gasteiger partial charge in [-0.1, -0.05) is 59.7 Å². The summed E-state index contributed by atoms with van der Waals surface area (Å²) in [4.78, 5) is 10.4. The lowest BCUT2D eigenvalue weighted by atomic mass is 9.93. The molecule has 1 fully saturated rings. The zero-order chi connectivity index (χ0) is 23.4. The molecule has 0 amide bonds. The van der Waals surface area contributed by atoms with Gasteiger partial charge in [-0.3, -0.25) is 0 Å². The highest BCUT2D eigenvalue weighted by molar-refractivity contribution is 7.80. The molecule has 1 aliphatic rings. The normalized spacial score (nSPS) is 18.2. The summed E-state index contributed by atoms with van der Waals surface area (Å²) in [6, 6.07) is 15.1. The molecule has 5 nitrogen and oxygen atoms in total. The van der Waals surface area contributed by atoms with E-state index in [-0.39, 0.29) is 18.8 Å². The van der Waals surface area contributed by atoms with Gasteiger partial charge in [0, 0.05) is 34.3 Å². The molecule has 2 atom stereocenters. The van der Waals surface area contributed by atoms with E-state index in [0.29, 0.717) is 44.2 Å². The summed E-state index contributed by atoms with van der Waals surface area (Å²) in [5.41, 5.74) is 4.38. The Kier molecular flexibility index (Phi) is 7.94. The van der Waals surface area contributed by atoms with Crippen LogP contribution in [0.25, 0.3) is 22.5 Å². The van der Waals surface area contributed by atoms with Crippen molar-refractivity contribution >= 4 is 40.4 Å². The molecule has 1 aromatic heterocycles. The number of thiocarbonyl (C=S) groups is 1. The van der Waals surface area contributed by atoms with Crippen LogP contribution in [0.1, 0.15) is 37.1 Å². The van der Waals surface area contributed by atoms with E-state index in [9.17, 15) is 5.11 Å². The number of aliphatic hydroxyl groups is 1. The summed E-state index contributed by atoms with van der Waals surface area (Å²) in [5.74, 6) is 0. The van der Waals surface area contributed by atoms with Gasteiger partial charge in [-0.25, -0.2) is 9.97 Å². The number of hydrogen-bond acceptors (Lipinski definition) is 5. The zero-order valence-electron chi connectivity index (χ0n) is 18.2. The van der Waals surface area contributed by atoms with Gasteiger partial charge in [0.2, 0.25) is 0 Å². The highest BCUT2D eigenvalue weighted by Gasteiger charge is 2.24. The summed E-state index contributed by atoms with van der Waals surface area (Å²) in [5, 5.41) is 14.7. The molecular formula is C25H25Cl2N3O2S. The highest BCUT2D eigenvalue weighted by atomic mass is 35.5. The Morgan fingerprint density at radius 2 is 1.58 bits per heavy atom. The molecule has 2 N–H and O–H groups in total. The molecular weight excluding hydrogens is 477 g/mol. The average molecular weight is 502 g/mol. The summed E-state index contributed by atoms with van der Waals surface area (Å²) in [6.07, 6.45) is 3.11. The molecule has 0 saturated heterocycles. The number of rotatable bonds is 6. The molecule has 8 heteroatoms. The largest absolute Gasteiger partial charge is 0.393 e. The first-order valence-electron chi connectivity index (χ1n) is 10.8. The van der Waals surface area contributed by atoms with Crippen molar-refractivity contribution < 1.29 is 9.84 Å². The SMILES string of the molecule is COCc1nc(-c2ccc(Cl)cc2)c(-c2ccc(Cl)cc2)nc1C(=S)NC1CCCC(O)C1. The molecule has 33 heavy (non-hydrogen) atoms. The van der Waals surface area contributed by atoms with Gasteiger partial charge < -0.3 is 15.2 Å². The molecule has 3 aromatic rings. The summed E-state index contributed by atoms with van der Waals surface area (Å²) in [7, 11) is 1.62. The lowest BCUT2D eigenvalue weighted by Crippen LogP contribution is -2.40. The van der Waals surface area contributed by atoms with Crippen LogP contribution < -0.4 is 5.32 Å². The number of aromatic nitrogens is 2. The quantitative estimate of drug-likeness (QED) is 0.414. The number of nitrogens with zero attached hydrogens (tertiary/aromatic N) is 2. The van der Waals surface area contributed by atoms with Crippen LogP contribution in [0.5, 0.6) is 0 Å². The van der Waals surface area contributed by atoms with E-state index in [2.05, 4.69) is 5.32 Å². The van der Waals surface area contributed by atoms with Crippen LogP contribution in [0.15, 0.2) is 48.5 Å². The van der Waals surface area contributed by atoms with Crippen molar-refractivity contribution in [2.45, 2.75) is 44.4 Å². The van der Waals surface area contributed by atoms with Gasteiger partial charge >= 0.3 is 0 Å². The number of hydrogen-bond donors (Lipinski definition) is 2. The van der Waals surface area contributed by atoms with E-state index < -0.39 is 0 Å². The predicted octanol–water partition coefficient (Wildman–Crippen LogP) is 5.83. The third-order valence-electron chi connectivity index (χ3n) is 5.68. The number of benzene rings is 2. The lowest BCUT2D eigenvalue weighted by Gasteiger charge is -2.28. The van der Waals surface area contributed by atoms with Gasteiger partial charge in [0.1, 0.15) is 10.7 Å². The number of ether oxygens (including phenoxy) is 1. The van der Waals surface area contributed by atoms with Crippen molar-refractivity contribution in [1.82, 2.24) is 15.3 Å². The summed E-state index contributed by atoms with van der Waals surface area (Å²) >= 11 is 18.0. The molecule has 1 saturated carbocycles. The molecule has 172 valence electrons. The van der Waals surface area contributed by atoms with Crippen LogP contribution in [-0.2, 0) is 11.3 Å². The zero-order valence-corrected chi connectivity index (χ0v) is 20.6. The van der Waals surface area contributed by atoms with Gasteiger partial charge in [0.15, 0.2) is 0 Å². The fourth-order valence-corrected chi connectivity index (χ4v) is 4.64. The Morgan fingerprint density at radius 3 is 2.12 bits per heavy atom. The Hall–Kier alpha value is -2.09. The van der Waals surface area contributed by atoms with E-state index in [4.69, 9.17) is 50.1 Å². The minimum Gasteiger partial charge on any atom is -0.393 e. The first-order chi connectivity index (χ1) is 15.9. The standard InChI is InChI=1S/C25H25Cl2N3O2S/c1-32-14-21-24(25(33)28-19-3-2-4-20(31)13-19)30-23(16-7-11-18(27)12-8-16)22(29-21)15-5-9-17(26)10-6-15/h5-12,19-20,31H,2-4,13-14H2,1H3,(H,28,33). The van der Waals surface area contributed by atoms with Gasteiger partial charge in [0.05, 0.1) is 29.8 Å². The smallest absolute Gasteiger partial charge is 0.127 e. The fraction of sp³-hybridized carbons (Fsp3) is 0.320. The summed E-state index contributed by atoms with van der Waals surface area (Å²) < 4.78 is 5.43. The number of halogens is 2. The predicted molar refractivity (Wildman–Crippen MR) is 137 cm³/mol. The molecule has 1 aliphatic carbocycles. The second-order valence-corrected chi connectivity index (χ2v) is 9.43. The van der Waals surface area contributed by atoms with Gasteiger partial charge in [-0.05, 0) is 49.9 Å². The number of aliphatic hydroxyl groups excluding tert-OH is 1. The molecule has 2 aromatic carbocycles. The van der Waals surface area contributed by atoms with Crippen molar-refractivity contribution in [3.05, 3.63) is 70.0 Å². The molecule has 0 bridgehead atoms. The van der Waals surface area contributed by atoms with Gasteiger partial charge in [-0.2, -0.15) is 0 Å². The maximum Gasteiger partial charge on any atom is 0.127 e. The topological polar surface area (TPSA) is 67.3 Å². The van der Waals surface area contributed by atoms with E-state index in [1.54, 1.807) is 7.11 Å². The van der Waals surface area contributed by atoms with E-state index in [1.807, 2.05) is 48.5 Å².